The van der Waals surface area contributed by atoms with Gasteiger partial charge < -0.3 is 0 Å². The third-order valence-electron chi connectivity index (χ3n) is 5.89. The number of nitro benzene ring substituents is 1. The molecule has 0 saturated carbocycles. The second-order valence-electron chi connectivity index (χ2n) is 8.18. The molecule has 0 spiro atoms. The maximum absolute atomic E-state index is 13.6. The summed E-state index contributed by atoms with van der Waals surface area (Å²) in [5.74, 6) is 0. The van der Waals surface area contributed by atoms with Crippen LogP contribution >= 0.6 is 0 Å². The summed E-state index contributed by atoms with van der Waals surface area (Å²) in [6.07, 6.45) is 1.62. The molecule has 1 heterocycles. The Kier molecular flexibility index (Phi) is 6.36. The molecule has 0 aliphatic carbocycles. The third-order valence-corrected chi connectivity index (χ3v) is 5.89. The van der Waals surface area contributed by atoms with Gasteiger partial charge in [0.05, 0.1) is 27.9 Å². The summed E-state index contributed by atoms with van der Waals surface area (Å²) < 4.78 is 1.38. The number of rotatable bonds is 7. The zero-order chi connectivity index (χ0) is 24.9. The molecule has 5 rings (SSSR count). The summed E-state index contributed by atoms with van der Waals surface area (Å²) in [6.45, 7) is 0. The van der Waals surface area contributed by atoms with E-state index in [0.717, 1.165) is 16.7 Å². The SMILES string of the molecule is O=c1c(C=NC(c2ccccc2)c2ccccc2)c(-c2ccccc2)[nH]n1-c1ccc([N+](=O)[O-])cc1. The van der Waals surface area contributed by atoms with E-state index in [4.69, 9.17) is 4.99 Å². The predicted molar refractivity (Wildman–Crippen MR) is 141 cm³/mol. The van der Waals surface area contributed by atoms with Crippen LogP contribution in [0.1, 0.15) is 22.7 Å². The lowest BCUT2D eigenvalue weighted by molar-refractivity contribution is -0.384. The van der Waals surface area contributed by atoms with Crippen LogP contribution in [0.2, 0.25) is 0 Å². The molecule has 0 atom stereocenters. The topological polar surface area (TPSA) is 93.3 Å². The summed E-state index contributed by atoms with van der Waals surface area (Å²) in [6, 6.07) is 34.9. The van der Waals surface area contributed by atoms with Gasteiger partial charge in [0, 0.05) is 23.9 Å². The molecule has 0 unspecified atom stereocenters. The molecule has 5 aromatic rings. The molecule has 36 heavy (non-hydrogen) atoms. The van der Waals surface area contributed by atoms with Gasteiger partial charge in [0.2, 0.25) is 0 Å². The van der Waals surface area contributed by atoms with E-state index in [1.54, 1.807) is 18.3 Å². The zero-order valence-electron chi connectivity index (χ0n) is 19.2. The standard InChI is InChI=1S/C29H22N4O3/c34-29-26(20-30-27(21-10-4-1-5-11-21)22-12-6-2-7-13-22)28(23-14-8-3-9-15-23)31-32(29)24-16-18-25(19-17-24)33(35)36/h1-20,27,31H. The van der Waals surface area contributed by atoms with Crippen molar-refractivity contribution >= 4 is 11.9 Å². The van der Waals surface area contributed by atoms with Crippen LogP contribution < -0.4 is 5.56 Å². The maximum atomic E-state index is 13.6. The first-order chi connectivity index (χ1) is 17.6. The highest BCUT2D eigenvalue weighted by Crippen LogP contribution is 2.27. The molecule has 0 aliphatic heterocycles. The minimum absolute atomic E-state index is 0.0445. The molecule has 0 fully saturated rings. The number of hydrogen-bond donors (Lipinski definition) is 1. The van der Waals surface area contributed by atoms with Crippen LogP contribution in [0.4, 0.5) is 5.69 Å². The van der Waals surface area contributed by atoms with Crippen molar-refractivity contribution in [1.29, 1.82) is 0 Å². The van der Waals surface area contributed by atoms with Crippen LogP contribution in [0.3, 0.4) is 0 Å². The van der Waals surface area contributed by atoms with Gasteiger partial charge in [-0.15, -0.1) is 0 Å². The zero-order valence-corrected chi connectivity index (χ0v) is 19.2. The Balaban J connectivity index is 1.63. The molecule has 0 radical (unpaired) electrons. The Labute approximate surface area is 207 Å². The van der Waals surface area contributed by atoms with Crippen LogP contribution in [0.5, 0.6) is 0 Å². The molecular formula is C29H22N4O3. The minimum Gasteiger partial charge on any atom is -0.290 e. The number of aromatic amines is 1. The Morgan fingerprint density at radius 3 is 1.83 bits per heavy atom. The lowest BCUT2D eigenvalue weighted by Gasteiger charge is -2.13. The van der Waals surface area contributed by atoms with E-state index in [1.165, 1.54) is 16.8 Å². The Morgan fingerprint density at radius 1 is 0.778 bits per heavy atom. The first kappa shape index (κ1) is 22.7. The highest BCUT2D eigenvalue weighted by Gasteiger charge is 2.18. The smallest absolute Gasteiger partial charge is 0.280 e. The van der Waals surface area contributed by atoms with Gasteiger partial charge in [-0.25, -0.2) is 4.68 Å². The van der Waals surface area contributed by atoms with E-state index in [9.17, 15) is 14.9 Å². The molecule has 0 amide bonds. The third kappa shape index (κ3) is 4.63. The van der Waals surface area contributed by atoms with Crippen LogP contribution in [-0.2, 0) is 0 Å². The number of aromatic nitrogens is 2. The molecule has 0 saturated heterocycles. The second kappa shape index (κ2) is 10.1. The summed E-state index contributed by atoms with van der Waals surface area (Å²) >= 11 is 0. The van der Waals surface area contributed by atoms with E-state index in [1.807, 2.05) is 91.0 Å². The normalized spacial score (nSPS) is 11.2. The van der Waals surface area contributed by atoms with Crippen LogP contribution in [0.15, 0.2) is 125 Å². The number of nitro groups is 1. The van der Waals surface area contributed by atoms with E-state index < -0.39 is 4.92 Å². The van der Waals surface area contributed by atoms with Crippen molar-refractivity contribution in [3.05, 3.63) is 152 Å². The van der Waals surface area contributed by atoms with Gasteiger partial charge in [-0.3, -0.25) is 25.0 Å². The number of aliphatic imine (C=N–C) groups is 1. The first-order valence-corrected chi connectivity index (χ1v) is 11.4. The van der Waals surface area contributed by atoms with E-state index in [-0.39, 0.29) is 17.3 Å². The molecule has 176 valence electrons. The Morgan fingerprint density at radius 2 is 1.31 bits per heavy atom. The minimum atomic E-state index is -0.470. The lowest BCUT2D eigenvalue weighted by Crippen LogP contribution is -2.17. The lowest BCUT2D eigenvalue weighted by atomic mass is 9.99. The average Bonchev–Trinajstić information content (AvgIpc) is 3.26. The van der Waals surface area contributed by atoms with Gasteiger partial charge in [-0.2, -0.15) is 0 Å². The highest BCUT2D eigenvalue weighted by atomic mass is 16.6. The quantitative estimate of drug-likeness (QED) is 0.179. The number of nitrogens with zero attached hydrogens (tertiary/aromatic N) is 3. The Hall–Kier alpha value is -5.04. The molecular weight excluding hydrogens is 452 g/mol. The van der Waals surface area contributed by atoms with Crippen molar-refractivity contribution in [2.75, 3.05) is 0 Å². The maximum Gasteiger partial charge on any atom is 0.280 e. The summed E-state index contributed by atoms with van der Waals surface area (Å²) in [7, 11) is 0. The average molecular weight is 475 g/mol. The van der Waals surface area contributed by atoms with Gasteiger partial charge in [-0.05, 0) is 23.3 Å². The van der Waals surface area contributed by atoms with Gasteiger partial charge in [-0.1, -0.05) is 91.0 Å². The number of hydrogen-bond acceptors (Lipinski definition) is 4. The first-order valence-electron chi connectivity index (χ1n) is 11.4. The molecule has 0 aliphatic rings. The summed E-state index contributed by atoms with van der Waals surface area (Å²) in [5, 5.41) is 14.2. The van der Waals surface area contributed by atoms with Crippen LogP contribution in [0, 0.1) is 10.1 Å². The van der Waals surface area contributed by atoms with E-state index in [2.05, 4.69) is 5.10 Å². The molecule has 7 heteroatoms. The molecule has 7 nitrogen and oxygen atoms in total. The van der Waals surface area contributed by atoms with Crippen LogP contribution in [0.25, 0.3) is 16.9 Å². The molecule has 1 aromatic heterocycles. The Bertz CT molecular complexity index is 1520. The molecule has 1 N–H and O–H groups in total. The number of nitrogens with one attached hydrogen (secondary N) is 1. The fraction of sp³-hybridized carbons (Fsp3) is 0.0345. The summed E-state index contributed by atoms with van der Waals surface area (Å²) in [5.41, 5.74) is 4.00. The van der Waals surface area contributed by atoms with Crippen molar-refractivity contribution < 1.29 is 4.92 Å². The van der Waals surface area contributed by atoms with Gasteiger partial charge in [0.25, 0.3) is 11.2 Å². The fourth-order valence-corrected chi connectivity index (χ4v) is 4.08. The van der Waals surface area contributed by atoms with Gasteiger partial charge >= 0.3 is 0 Å². The van der Waals surface area contributed by atoms with Crippen molar-refractivity contribution in [2.45, 2.75) is 6.04 Å². The van der Waals surface area contributed by atoms with Crippen molar-refractivity contribution in [3.63, 3.8) is 0 Å². The van der Waals surface area contributed by atoms with Crippen molar-refractivity contribution in [1.82, 2.24) is 9.78 Å². The number of non-ortho nitro benzene ring substituents is 1. The van der Waals surface area contributed by atoms with Crippen LogP contribution in [-0.4, -0.2) is 20.9 Å². The fourth-order valence-electron chi connectivity index (χ4n) is 4.08. The van der Waals surface area contributed by atoms with Crippen molar-refractivity contribution in [3.8, 4) is 16.9 Å². The largest absolute Gasteiger partial charge is 0.290 e. The van der Waals surface area contributed by atoms with E-state index >= 15 is 0 Å². The predicted octanol–water partition coefficient (Wildman–Crippen LogP) is 5.95. The van der Waals surface area contributed by atoms with Gasteiger partial charge in [0.15, 0.2) is 0 Å². The van der Waals surface area contributed by atoms with E-state index in [0.29, 0.717) is 16.9 Å². The molecule has 0 bridgehead atoms. The van der Waals surface area contributed by atoms with Gasteiger partial charge in [0.1, 0.15) is 0 Å². The highest BCUT2D eigenvalue weighted by molar-refractivity contribution is 5.89. The number of H-pyrrole nitrogens is 1. The van der Waals surface area contributed by atoms with Crippen molar-refractivity contribution in [2.24, 2.45) is 4.99 Å². The molecule has 4 aromatic carbocycles. The second-order valence-corrected chi connectivity index (χ2v) is 8.18. The summed E-state index contributed by atoms with van der Waals surface area (Å²) in [4.78, 5) is 29.0. The monoisotopic (exact) mass is 474 g/mol. The number of benzene rings is 4.